The molecule has 3 heteroatoms. The molecule has 0 aliphatic heterocycles. The van der Waals surface area contributed by atoms with Crippen molar-refractivity contribution >= 4 is 33.7 Å². The van der Waals surface area contributed by atoms with Crippen LogP contribution in [0.4, 0.5) is 5.69 Å². The van der Waals surface area contributed by atoms with Gasteiger partial charge in [-0.15, -0.1) is 0 Å². The van der Waals surface area contributed by atoms with Gasteiger partial charge in [-0.2, -0.15) is 0 Å². The Kier molecular flexibility index (Phi) is 3.39. The van der Waals surface area contributed by atoms with E-state index < -0.39 is 0 Å². The minimum atomic E-state index is 0.962. The van der Waals surface area contributed by atoms with Crippen molar-refractivity contribution in [3.8, 4) is 0 Å². The van der Waals surface area contributed by atoms with Crippen molar-refractivity contribution in [1.29, 1.82) is 0 Å². The molecule has 0 atom stereocenters. The van der Waals surface area contributed by atoms with Gasteiger partial charge in [-0.05, 0) is 48.9 Å². The first-order valence-corrected chi connectivity index (χ1v) is 7.82. The molecule has 2 heterocycles. The molecule has 2 aromatic heterocycles. The number of hydrogen-bond donors (Lipinski definition) is 0. The molecule has 0 unspecified atom stereocenters. The van der Waals surface area contributed by atoms with Crippen LogP contribution >= 0.6 is 0 Å². The van der Waals surface area contributed by atoms with Crippen LogP contribution in [0.5, 0.6) is 0 Å². The first-order chi connectivity index (χ1) is 11.4. The van der Waals surface area contributed by atoms with Crippen LogP contribution in [-0.2, 0) is 6.54 Å². The van der Waals surface area contributed by atoms with E-state index in [1.54, 1.807) is 12.4 Å². The summed E-state index contributed by atoms with van der Waals surface area (Å²) in [5.74, 6) is 0. The van der Waals surface area contributed by atoms with Gasteiger partial charge in [0.2, 0.25) is 0 Å². The first kappa shape index (κ1) is 13.7. The van der Waals surface area contributed by atoms with Gasteiger partial charge < -0.3 is 4.57 Å². The maximum Gasteiger partial charge on any atom is 0.0637 e. The van der Waals surface area contributed by atoms with Crippen molar-refractivity contribution in [2.75, 3.05) is 0 Å². The minimum absolute atomic E-state index is 0.962. The minimum Gasteiger partial charge on any atom is -0.341 e. The van der Waals surface area contributed by atoms with E-state index in [1.807, 2.05) is 18.3 Å². The zero-order valence-electron chi connectivity index (χ0n) is 13.0. The molecule has 0 N–H and O–H groups in total. The molecule has 112 valence electrons. The van der Waals surface area contributed by atoms with Crippen LogP contribution in [-0.4, -0.2) is 15.8 Å². The van der Waals surface area contributed by atoms with Gasteiger partial charge in [-0.25, -0.2) is 0 Å². The second-order valence-electron chi connectivity index (χ2n) is 5.50. The van der Waals surface area contributed by atoms with E-state index in [4.69, 9.17) is 0 Å². The zero-order valence-corrected chi connectivity index (χ0v) is 13.0. The molecule has 0 spiro atoms. The number of benzene rings is 2. The molecule has 23 heavy (non-hydrogen) atoms. The Morgan fingerprint density at radius 3 is 2.57 bits per heavy atom. The Hall–Kier alpha value is -2.94. The lowest BCUT2D eigenvalue weighted by Gasteiger charge is -2.02. The third kappa shape index (κ3) is 2.40. The number of pyridine rings is 1. The van der Waals surface area contributed by atoms with Crippen LogP contribution in [0.3, 0.4) is 0 Å². The van der Waals surface area contributed by atoms with Gasteiger partial charge in [0.25, 0.3) is 0 Å². The summed E-state index contributed by atoms with van der Waals surface area (Å²) in [6.07, 6.45) is 5.43. The van der Waals surface area contributed by atoms with Crippen LogP contribution in [0.1, 0.15) is 12.5 Å². The Bertz CT molecular complexity index is 997. The quantitative estimate of drug-likeness (QED) is 0.492. The lowest BCUT2D eigenvalue weighted by Crippen LogP contribution is -1.92. The molecule has 2 aromatic carbocycles. The second-order valence-corrected chi connectivity index (χ2v) is 5.50. The monoisotopic (exact) mass is 299 g/mol. The van der Waals surface area contributed by atoms with E-state index in [1.165, 1.54) is 21.8 Å². The summed E-state index contributed by atoms with van der Waals surface area (Å²) in [6.45, 7) is 3.14. The van der Waals surface area contributed by atoms with E-state index >= 15 is 0 Å². The lowest BCUT2D eigenvalue weighted by molar-refractivity contribution is 0.827. The molecule has 0 amide bonds. The van der Waals surface area contributed by atoms with E-state index in [9.17, 15) is 0 Å². The number of aliphatic imine (C=N–C) groups is 1. The summed E-state index contributed by atoms with van der Waals surface area (Å²) < 4.78 is 2.35. The standard InChI is InChI=1S/C20H17N3/c1-2-23-19-6-4-3-5-17(19)18-13-16(7-8-20(18)23)22-14-15-9-11-21-12-10-15/h3-14H,2H2,1H3. The van der Waals surface area contributed by atoms with Crippen LogP contribution in [0.2, 0.25) is 0 Å². The normalized spacial score (nSPS) is 11.7. The number of para-hydroxylation sites is 1. The number of aryl methyl sites for hydroxylation is 1. The summed E-state index contributed by atoms with van der Waals surface area (Å²) >= 11 is 0. The molecule has 0 fully saturated rings. The van der Waals surface area contributed by atoms with Crippen LogP contribution < -0.4 is 0 Å². The summed E-state index contributed by atoms with van der Waals surface area (Å²) in [5, 5.41) is 2.54. The van der Waals surface area contributed by atoms with Gasteiger partial charge in [0.15, 0.2) is 0 Å². The Labute approximate surface area is 134 Å². The summed E-state index contributed by atoms with van der Waals surface area (Å²) in [5.41, 5.74) is 4.56. The van der Waals surface area contributed by atoms with E-state index in [2.05, 4.69) is 63.9 Å². The fourth-order valence-corrected chi connectivity index (χ4v) is 3.06. The molecule has 3 nitrogen and oxygen atoms in total. The molecule has 0 saturated heterocycles. The second kappa shape index (κ2) is 5.69. The predicted octanol–water partition coefficient (Wildman–Crippen LogP) is 4.96. The molecule has 4 aromatic rings. The molecule has 0 saturated carbocycles. The van der Waals surface area contributed by atoms with Gasteiger partial charge >= 0.3 is 0 Å². The van der Waals surface area contributed by atoms with Crippen molar-refractivity contribution in [1.82, 2.24) is 9.55 Å². The van der Waals surface area contributed by atoms with Crippen LogP contribution in [0.25, 0.3) is 21.8 Å². The summed E-state index contributed by atoms with van der Waals surface area (Å²) in [4.78, 5) is 8.63. The van der Waals surface area contributed by atoms with E-state index in [0.717, 1.165) is 17.8 Å². The van der Waals surface area contributed by atoms with E-state index in [0.29, 0.717) is 0 Å². The van der Waals surface area contributed by atoms with Gasteiger partial charge in [-0.3, -0.25) is 9.98 Å². The molecule has 0 radical (unpaired) electrons. The lowest BCUT2D eigenvalue weighted by atomic mass is 10.1. The highest BCUT2D eigenvalue weighted by Gasteiger charge is 2.09. The third-order valence-electron chi connectivity index (χ3n) is 4.14. The van der Waals surface area contributed by atoms with E-state index in [-0.39, 0.29) is 0 Å². The highest BCUT2D eigenvalue weighted by atomic mass is 15.0. The van der Waals surface area contributed by atoms with Gasteiger partial charge in [-0.1, -0.05) is 18.2 Å². The summed E-state index contributed by atoms with van der Waals surface area (Å²) in [6, 6.07) is 18.9. The molecular formula is C20H17N3. The maximum atomic E-state index is 4.61. The Morgan fingerprint density at radius 2 is 1.74 bits per heavy atom. The van der Waals surface area contributed by atoms with Crippen molar-refractivity contribution in [3.05, 3.63) is 72.6 Å². The van der Waals surface area contributed by atoms with Crippen molar-refractivity contribution < 1.29 is 0 Å². The highest BCUT2D eigenvalue weighted by molar-refractivity contribution is 6.09. The zero-order chi connectivity index (χ0) is 15.6. The summed E-state index contributed by atoms with van der Waals surface area (Å²) in [7, 11) is 0. The first-order valence-electron chi connectivity index (χ1n) is 7.82. The van der Waals surface area contributed by atoms with Gasteiger partial charge in [0, 0.05) is 47.0 Å². The average Bonchev–Trinajstić information content (AvgIpc) is 2.94. The number of aromatic nitrogens is 2. The Morgan fingerprint density at radius 1 is 0.957 bits per heavy atom. The Balaban J connectivity index is 1.85. The fraction of sp³-hybridized carbons (Fsp3) is 0.100. The van der Waals surface area contributed by atoms with Gasteiger partial charge in [0.05, 0.1) is 5.69 Å². The van der Waals surface area contributed by atoms with Crippen molar-refractivity contribution in [2.24, 2.45) is 4.99 Å². The third-order valence-corrected chi connectivity index (χ3v) is 4.14. The SMILES string of the molecule is CCn1c2ccccc2c2cc(N=Cc3ccncc3)ccc21. The maximum absolute atomic E-state index is 4.61. The van der Waals surface area contributed by atoms with Crippen molar-refractivity contribution in [3.63, 3.8) is 0 Å². The van der Waals surface area contributed by atoms with Gasteiger partial charge in [0.1, 0.15) is 0 Å². The number of nitrogens with zero attached hydrogens (tertiary/aromatic N) is 3. The number of fused-ring (bicyclic) bond motifs is 3. The molecular weight excluding hydrogens is 282 g/mol. The van der Waals surface area contributed by atoms with Crippen LogP contribution in [0.15, 0.2) is 72.0 Å². The van der Waals surface area contributed by atoms with Crippen molar-refractivity contribution in [2.45, 2.75) is 13.5 Å². The molecule has 0 aliphatic rings. The highest BCUT2D eigenvalue weighted by Crippen LogP contribution is 2.31. The molecule has 0 bridgehead atoms. The largest absolute Gasteiger partial charge is 0.341 e. The molecule has 0 aliphatic carbocycles. The fourth-order valence-electron chi connectivity index (χ4n) is 3.06. The molecule has 4 rings (SSSR count). The smallest absolute Gasteiger partial charge is 0.0637 e. The average molecular weight is 299 g/mol. The number of rotatable bonds is 3. The predicted molar refractivity (Wildman–Crippen MR) is 96.6 cm³/mol. The van der Waals surface area contributed by atoms with Crippen LogP contribution in [0, 0.1) is 0 Å². The number of hydrogen-bond acceptors (Lipinski definition) is 2. The topological polar surface area (TPSA) is 30.2 Å².